The zero-order chi connectivity index (χ0) is 22.7. The van der Waals surface area contributed by atoms with Crippen molar-refractivity contribution < 1.29 is 24.2 Å². The first-order chi connectivity index (χ1) is 14.1. The van der Waals surface area contributed by atoms with Crippen molar-refractivity contribution in [2.75, 3.05) is 0 Å². The number of aliphatic carboxylic acids is 1. The Kier molecular flexibility index (Phi) is 11.1. The average molecular weight is 421 g/mol. The Morgan fingerprint density at radius 3 is 2.57 bits per heavy atom. The van der Waals surface area contributed by atoms with E-state index in [-0.39, 0.29) is 23.7 Å². The minimum absolute atomic E-state index is 0.00463. The summed E-state index contributed by atoms with van der Waals surface area (Å²) in [6.45, 7) is 10.2. The maximum Gasteiger partial charge on any atom is 0.345 e. The van der Waals surface area contributed by atoms with Crippen molar-refractivity contribution in [2.24, 2.45) is 23.2 Å². The lowest BCUT2D eigenvalue weighted by atomic mass is 9.82. The lowest BCUT2D eigenvalue weighted by Gasteiger charge is -2.23. The van der Waals surface area contributed by atoms with Gasteiger partial charge in [0.2, 0.25) is 0 Å². The summed E-state index contributed by atoms with van der Waals surface area (Å²) in [5, 5.41) is 9.08. The maximum atomic E-state index is 12.5. The molecule has 0 aromatic carbocycles. The number of hydrogen-bond donors (Lipinski definition) is 1. The molecule has 1 rings (SSSR count). The quantitative estimate of drug-likeness (QED) is 0.304. The molecule has 0 amide bonds. The van der Waals surface area contributed by atoms with Crippen molar-refractivity contribution in [1.82, 2.24) is 0 Å². The van der Waals surface area contributed by atoms with Crippen molar-refractivity contribution in [3.8, 4) is 0 Å². The summed E-state index contributed by atoms with van der Waals surface area (Å²) in [6, 6.07) is 0. The Labute approximate surface area is 182 Å². The molecule has 0 saturated heterocycles. The topological polar surface area (TPSA) is 80.7 Å². The second kappa shape index (κ2) is 12.7. The van der Waals surface area contributed by atoms with Crippen LogP contribution in [0.1, 0.15) is 86.0 Å². The number of carboxylic acids is 1. The van der Waals surface area contributed by atoms with Crippen LogP contribution >= 0.6 is 0 Å². The first-order valence-corrected chi connectivity index (χ1v) is 11.3. The van der Waals surface area contributed by atoms with Gasteiger partial charge in [-0.25, -0.2) is 4.79 Å². The molecule has 0 bridgehead atoms. The van der Waals surface area contributed by atoms with Crippen LogP contribution in [0.4, 0.5) is 0 Å². The Balaban J connectivity index is 2.58. The van der Waals surface area contributed by atoms with Gasteiger partial charge in [0, 0.05) is 19.3 Å². The van der Waals surface area contributed by atoms with Crippen molar-refractivity contribution >= 4 is 17.7 Å². The molecule has 0 aliphatic heterocycles. The largest absolute Gasteiger partial charge is 0.479 e. The van der Waals surface area contributed by atoms with Gasteiger partial charge in [0.05, 0.1) is 0 Å². The van der Waals surface area contributed by atoms with Crippen LogP contribution < -0.4 is 0 Å². The molecular formula is C25H40O5. The van der Waals surface area contributed by atoms with Gasteiger partial charge in [-0.2, -0.15) is 0 Å². The van der Waals surface area contributed by atoms with E-state index >= 15 is 0 Å². The van der Waals surface area contributed by atoms with Gasteiger partial charge >= 0.3 is 11.9 Å². The zero-order valence-electron chi connectivity index (χ0n) is 19.4. The fraction of sp³-hybridized carbons (Fsp3) is 0.720. The fourth-order valence-electron chi connectivity index (χ4n) is 4.17. The molecule has 1 fully saturated rings. The highest BCUT2D eigenvalue weighted by Gasteiger charge is 2.37. The number of hydrogen-bond acceptors (Lipinski definition) is 4. The number of Topliss-reactive ketones (excluding diaryl/α,β-unsaturated/α-hetero) is 1. The van der Waals surface area contributed by atoms with Gasteiger partial charge in [0.15, 0.2) is 6.10 Å². The number of allylic oxidation sites excluding steroid dienone is 4. The molecule has 5 nitrogen and oxygen atoms in total. The SMILES string of the molecule is CCCCC(C)(C)CC=C[C@H]1C(C)CC(=O)[C@@H]1CC=CCCC(OC(C)=O)C(=O)O. The third kappa shape index (κ3) is 9.27. The van der Waals surface area contributed by atoms with Gasteiger partial charge in [-0.3, -0.25) is 9.59 Å². The van der Waals surface area contributed by atoms with E-state index in [9.17, 15) is 14.4 Å². The van der Waals surface area contributed by atoms with Gasteiger partial charge in [-0.1, -0.05) is 64.8 Å². The summed E-state index contributed by atoms with van der Waals surface area (Å²) in [7, 11) is 0. The lowest BCUT2D eigenvalue weighted by molar-refractivity contribution is -0.162. The van der Waals surface area contributed by atoms with E-state index < -0.39 is 18.0 Å². The van der Waals surface area contributed by atoms with E-state index in [1.807, 2.05) is 12.2 Å². The molecular weight excluding hydrogens is 380 g/mol. The minimum atomic E-state index is -1.13. The monoisotopic (exact) mass is 420 g/mol. The molecule has 0 heterocycles. The van der Waals surface area contributed by atoms with E-state index in [0.717, 1.165) is 6.42 Å². The smallest absolute Gasteiger partial charge is 0.345 e. The highest BCUT2D eigenvalue weighted by Crippen LogP contribution is 2.38. The number of ketones is 1. The summed E-state index contributed by atoms with van der Waals surface area (Å²) in [5.74, 6) is -0.802. The number of unbranched alkanes of at least 4 members (excludes halogenated alkanes) is 1. The third-order valence-electron chi connectivity index (χ3n) is 6.03. The van der Waals surface area contributed by atoms with Gasteiger partial charge in [-0.15, -0.1) is 0 Å². The van der Waals surface area contributed by atoms with Crippen LogP contribution in [0.25, 0.3) is 0 Å². The molecule has 1 aliphatic rings. The number of ether oxygens (including phenoxy) is 1. The molecule has 30 heavy (non-hydrogen) atoms. The third-order valence-corrected chi connectivity index (χ3v) is 6.03. The van der Waals surface area contributed by atoms with Crippen molar-refractivity contribution in [1.29, 1.82) is 0 Å². The Morgan fingerprint density at radius 1 is 1.27 bits per heavy atom. The van der Waals surface area contributed by atoms with Crippen LogP contribution in [0.3, 0.4) is 0 Å². The number of carboxylic acid groups (broad SMARTS) is 1. The zero-order valence-corrected chi connectivity index (χ0v) is 19.4. The fourth-order valence-corrected chi connectivity index (χ4v) is 4.17. The van der Waals surface area contributed by atoms with Gasteiger partial charge in [0.25, 0.3) is 0 Å². The predicted molar refractivity (Wildman–Crippen MR) is 119 cm³/mol. The molecule has 0 aromatic rings. The van der Waals surface area contributed by atoms with Crippen molar-refractivity contribution in [3.63, 3.8) is 0 Å². The number of rotatable bonds is 13. The first-order valence-electron chi connectivity index (χ1n) is 11.3. The van der Waals surface area contributed by atoms with Gasteiger partial charge in [-0.05, 0) is 49.4 Å². The van der Waals surface area contributed by atoms with Gasteiger partial charge < -0.3 is 9.84 Å². The standard InChI is InChI=1S/C25H40O5/c1-6-7-15-25(4,5)16-11-13-20-18(2)17-22(27)21(20)12-9-8-10-14-23(24(28)29)30-19(3)26/h8-9,11,13,18,20-21,23H,6-7,10,12,14-17H2,1-5H3,(H,28,29)/t18?,20-,21+,23?/m0/s1. The van der Waals surface area contributed by atoms with E-state index in [4.69, 9.17) is 9.84 Å². The number of esters is 1. The summed E-state index contributed by atoms with van der Waals surface area (Å²) in [4.78, 5) is 34.6. The minimum Gasteiger partial charge on any atom is -0.479 e. The van der Waals surface area contributed by atoms with Crippen molar-refractivity contribution in [2.45, 2.75) is 92.1 Å². The molecule has 5 heteroatoms. The van der Waals surface area contributed by atoms with Crippen molar-refractivity contribution in [3.05, 3.63) is 24.3 Å². The molecule has 0 aromatic heterocycles. The average Bonchev–Trinajstić information content (AvgIpc) is 2.91. The summed E-state index contributed by atoms with van der Waals surface area (Å²) in [6.07, 6.45) is 14.0. The highest BCUT2D eigenvalue weighted by molar-refractivity contribution is 5.84. The van der Waals surface area contributed by atoms with Crippen LogP contribution in [0.2, 0.25) is 0 Å². The molecule has 1 saturated carbocycles. The maximum absolute atomic E-state index is 12.5. The molecule has 0 spiro atoms. The van der Waals surface area contributed by atoms with Crippen LogP contribution in [-0.4, -0.2) is 28.9 Å². The van der Waals surface area contributed by atoms with E-state index in [2.05, 4.69) is 39.8 Å². The molecule has 170 valence electrons. The van der Waals surface area contributed by atoms with Crippen LogP contribution in [0.5, 0.6) is 0 Å². The molecule has 0 radical (unpaired) electrons. The van der Waals surface area contributed by atoms with Crippen LogP contribution in [-0.2, 0) is 19.1 Å². The lowest BCUT2D eigenvalue weighted by Crippen LogP contribution is -2.25. The molecule has 2 unspecified atom stereocenters. The Bertz CT molecular complexity index is 631. The Hall–Kier alpha value is -1.91. The second-order valence-electron chi connectivity index (χ2n) is 9.45. The normalized spacial score (nSPS) is 23.4. The number of carbonyl (C=O) groups excluding carboxylic acids is 2. The summed E-state index contributed by atoms with van der Waals surface area (Å²) in [5.41, 5.74) is 0.288. The highest BCUT2D eigenvalue weighted by atomic mass is 16.6. The van der Waals surface area contributed by atoms with Gasteiger partial charge in [0.1, 0.15) is 5.78 Å². The summed E-state index contributed by atoms with van der Waals surface area (Å²) >= 11 is 0. The second-order valence-corrected chi connectivity index (χ2v) is 9.45. The number of carbonyl (C=O) groups is 3. The van der Waals surface area contributed by atoms with Crippen LogP contribution in [0.15, 0.2) is 24.3 Å². The first kappa shape index (κ1) is 26.1. The van der Waals surface area contributed by atoms with E-state index in [1.54, 1.807) is 0 Å². The molecule has 1 N–H and O–H groups in total. The molecule has 4 atom stereocenters. The predicted octanol–water partition coefficient (Wildman–Crippen LogP) is 5.73. The van der Waals surface area contributed by atoms with E-state index in [0.29, 0.717) is 31.0 Å². The van der Waals surface area contributed by atoms with E-state index in [1.165, 1.54) is 26.2 Å². The molecule has 1 aliphatic carbocycles. The summed E-state index contributed by atoms with van der Waals surface area (Å²) < 4.78 is 4.80. The van der Waals surface area contributed by atoms with Crippen LogP contribution in [0, 0.1) is 23.2 Å². The Morgan fingerprint density at radius 2 is 1.97 bits per heavy atom.